The van der Waals surface area contributed by atoms with Crippen LogP contribution in [0.25, 0.3) is 0 Å². The summed E-state index contributed by atoms with van der Waals surface area (Å²) < 4.78 is 5.35. The molecule has 2 aromatic carbocycles. The van der Waals surface area contributed by atoms with Crippen molar-refractivity contribution >= 4 is 29.3 Å². The highest BCUT2D eigenvalue weighted by atomic mass is 16.6. The number of amides is 1. The molecule has 0 aromatic heterocycles. The summed E-state index contributed by atoms with van der Waals surface area (Å²) in [5.74, 6) is 0.496. The van der Waals surface area contributed by atoms with Crippen LogP contribution in [-0.2, 0) is 4.79 Å². The SMILES string of the molecule is CC1CCN(c2ccc(NC(=O)COc3ccc([N+](=O)[O-])cc3C=O)cc2)CC1. The summed E-state index contributed by atoms with van der Waals surface area (Å²) in [6.45, 7) is 4.03. The van der Waals surface area contributed by atoms with Gasteiger partial charge in [-0.05, 0) is 49.1 Å². The molecular weight excluding hydrogens is 374 g/mol. The van der Waals surface area contributed by atoms with Crippen LogP contribution in [-0.4, -0.2) is 36.8 Å². The van der Waals surface area contributed by atoms with Crippen molar-refractivity contribution in [3.8, 4) is 5.75 Å². The number of piperidine rings is 1. The van der Waals surface area contributed by atoms with E-state index in [9.17, 15) is 19.7 Å². The maximum Gasteiger partial charge on any atom is 0.270 e. The first kappa shape index (κ1) is 20.3. The number of carbonyl (C=O) groups excluding carboxylic acids is 2. The zero-order valence-corrected chi connectivity index (χ0v) is 16.2. The van der Waals surface area contributed by atoms with Gasteiger partial charge in [-0.25, -0.2) is 0 Å². The molecule has 0 aliphatic carbocycles. The lowest BCUT2D eigenvalue weighted by Crippen LogP contribution is -2.32. The highest BCUT2D eigenvalue weighted by Gasteiger charge is 2.16. The molecule has 1 aliphatic rings. The Labute approximate surface area is 168 Å². The number of anilines is 2. The highest BCUT2D eigenvalue weighted by molar-refractivity contribution is 5.92. The van der Waals surface area contributed by atoms with Crippen molar-refractivity contribution in [3.63, 3.8) is 0 Å². The molecule has 1 saturated heterocycles. The van der Waals surface area contributed by atoms with Crippen molar-refractivity contribution in [2.45, 2.75) is 19.8 Å². The number of hydrogen-bond acceptors (Lipinski definition) is 6. The summed E-state index contributed by atoms with van der Waals surface area (Å²) in [7, 11) is 0. The lowest BCUT2D eigenvalue weighted by atomic mass is 9.99. The first-order chi connectivity index (χ1) is 14.0. The number of non-ortho nitro benzene ring substituents is 1. The van der Waals surface area contributed by atoms with E-state index in [-0.39, 0.29) is 29.5 Å². The lowest BCUT2D eigenvalue weighted by molar-refractivity contribution is -0.384. The summed E-state index contributed by atoms with van der Waals surface area (Å²) in [6, 6.07) is 11.3. The Balaban J connectivity index is 1.54. The van der Waals surface area contributed by atoms with Crippen molar-refractivity contribution in [1.82, 2.24) is 0 Å². The molecule has 1 N–H and O–H groups in total. The Morgan fingerprint density at radius 1 is 1.24 bits per heavy atom. The van der Waals surface area contributed by atoms with Gasteiger partial charge in [-0.2, -0.15) is 0 Å². The minimum Gasteiger partial charge on any atom is -0.483 e. The van der Waals surface area contributed by atoms with Gasteiger partial charge in [0.1, 0.15) is 5.75 Å². The highest BCUT2D eigenvalue weighted by Crippen LogP contribution is 2.25. The Hall–Kier alpha value is -3.42. The van der Waals surface area contributed by atoms with Crippen LogP contribution in [0.1, 0.15) is 30.1 Å². The third kappa shape index (κ3) is 5.31. The normalized spacial score (nSPS) is 14.3. The summed E-state index contributed by atoms with van der Waals surface area (Å²) in [5, 5.41) is 13.5. The fourth-order valence-corrected chi connectivity index (χ4v) is 3.24. The van der Waals surface area contributed by atoms with Gasteiger partial charge >= 0.3 is 0 Å². The summed E-state index contributed by atoms with van der Waals surface area (Å²) in [4.78, 5) is 35.8. The number of carbonyl (C=O) groups is 2. The molecular formula is C21H23N3O5. The second kappa shape index (κ2) is 9.18. The van der Waals surface area contributed by atoms with Gasteiger partial charge in [-0.15, -0.1) is 0 Å². The molecule has 0 bridgehead atoms. The van der Waals surface area contributed by atoms with Gasteiger partial charge in [0, 0.05) is 36.6 Å². The van der Waals surface area contributed by atoms with Crippen LogP contribution in [0.2, 0.25) is 0 Å². The van der Waals surface area contributed by atoms with E-state index < -0.39 is 4.92 Å². The van der Waals surface area contributed by atoms with Crippen LogP contribution in [0.15, 0.2) is 42.5 Å². The molecule has 1 aliphatic heterocycles. The van der Waals surface area contributed by atoms with Crippen LogP contribution in [0.3, 0.4) is 0 Å². The number of hydrogen-bond donors (Lipinski definition) is 1. The fourth-order valence-electron chi connectivity index (χ4n) is 3.24. The number of nitro benzene ring substituents is 1. The summed E-state index contributed by atoms with van der Waals surface area (Å²) >= 11 is 0. The quantitative estimate of drug-likeness (QED) is 0.435. The maximum absolute atomic E-state index is 12.1. The minimum absolute atomic E-state index is 0.0206. The molecule has 1 heterocycles. The standard InChI is InChI=1S/C21H23N3O5/c1-15-8-10-23(11-9-15)18-4-2-17(3-5-18)22-21(26)14-29-20-7-6-19(24(27)28)12-16(20)13-25/h2-7,12-13,15H,8-11,14H2,1H3,(H,22,26). The van der Waals surface area contributed by atoms with Gasteiger partial charge in [0.05, 0.1) is 10.5 Å². The van der Waals surface area contributed by atoms with E-state index in [2.05, 4.69) is 17.1 Å². The topological polar surface area (TPSA) is 102 Å². The van der Waals surface area contributed by atoms with E-state index in [4.69, 9.17) is 4.74 Å². The van der Waals surface area contributed by atoms with Crippen molar-refractivity contribution in [3.05, 3.63) is 58.1 Å². The number of benzene rings is 2. The molecule has 0 atom stereocenters. The van der Waals surface area contributed by atoms with Crippen LogP contribution >= 0.6 is 0 Å². The van der Waals surface area contributed by atoms with Gasteiger partial charge in [0.2, 0.25) is 0 Å². The Kier molecular flexibility index (Phi) is 6.43. The molecule has 1 amide bonds. The molecule has 0 spiro atoms. The van der Waals surface area contributed by atoms with E-state index >= 15 is 0 Å². The van der Waals surface area contributed by atoms with Gasteiger partial charge in [-0.3, -0.25) is 19.7 Å². The Morgan fingerprint density at radius 3 is 2.55 bits per heavy atom. The Morgan fingerprint density at radius 2 is 1.93 bits per heavy atom. The van der Waals surface area contributed by atoms with E-state index in [1.165, 1.54) is 25.0 Å². The van der Waals surface area contributed by atoms with Crippen LogP contribution in [0.4, 0.5) is 17.1 Å². The molecule has 152 valence electrons. The van der Waals surface area contributed by atoms with Gasteiger partial charge in [0.25, 0.3) is 11.6 Å². The monoisotopic (exact) mass is 397 g/mol. The molecule has 2 aromatic rings. The number of nitrogens with zero attached hydrogens (tertiary/aromatic N) is 2. The number of nitro groups is 1. The summed E-state index contributed by atoms with van der Waals surface area (Å²) in [5.41, 5.74) is 1.58. The molecule has 8 nitrogen and oxygen atoms in total. The second-order valence-electron chi connectivity index (χ2n) is 7.15. The second-order valence-corrected chi connectivity index (χ2v) is 7.15. The number of nitrogens with one attached hydrogen (secondary N) is 1. The number of ether oxygens (including phenoxy) is 1. The Bertz CT molecular complexity index is 890. The summed E-state index contributed by atoms with van der Waals surface area (Å²) in [6.07, 6.45) is 2.82. The molecule has 8 heteroatoms. The number of rotatable bonds is 7. The minimum atomic E-state index is -0.600. The predicted molar refractivity (Wildman–Crippen MR) is 110 cm³/mol. The third-order valence-corrected chi connectivity index (χ3v) is 4.99. The van der Waals surface area contributed by atoms with E-state index in [1.807, 2.05) is 24.3 Å². The van der Waals surface area contributed by atoms with Crippen LogP contribution in [0, 0.1) is 16.0 Å². The zero-order valence-electron chi connectivity index (χ0n) is 16.2. The van der Waals surface area contributed by atoms with E-state index in [1.54, 1.807) is 0 Å². The van der Waals surface area contributed by atoms with Crippen molar-refractivity contribution < 1.29 is 19.2 Å². The average Bonchev–Trinajstić information content (AvgIpc) is 2.73. The van der Waals surface area contributed by atoms with Crippen molar-refractivity contribution in [2.75, 3.05) is 29.9 Å². The maximum atomic E-state index is 12.1. The van der Waals surface area contributed by atoms with Crippen molar-refractivity contribution in [2.24, 2.45) is 5.92 Å². The predicted octanol–water partition coefficient (Wildman–Crippen LogP) is 3.66. The van der Waals surface area contributed by atoms with Crippen molar-refractivity contribution in [1.29, 1.82) is 0 Å². The van der Waals surface area contributed by atoms with Gasteiger partial charge < -0.3 is 15.0 Å². The number of aldehydes is 1. The average molecular weight is 397 g/mol. The molecule has 0 saturated carbocycles. The molecule has 0 radical (unpaired) electrons. The largest absolute Gasteiger partial charge is 0.483 e. The molecule has 0 unspecified atom stereocenters. The van der Waals surface area contributed by atoms with Gasteiger partial charge in [-0.1, -0.05) is 6.92 Å². The third-order valence-electron chi connectivity index (χ3n) is 4.99. The lowest BCUT2D eigenvalue weighted by Gasteiger charge is -2.32. The van der Waals surface area contributed by atoms with Crippen LogP contribution in [0.5, 0.6) is 5.75 Å². The smallest absolute Gasteiger partial charge is 0.270 e. The fraction of sp³-hybridized carbons (Fsp3) is 0.333. The first-order valence-corrected chi connectivity index (χ1v) is 9.47. The molecule has 29 heavy (non-hydrogen) atoms. The molecule has 3 rings (SSSR count). The van der Waals surface area contributed by atoms with E-state index in [0.29, 0.717) is 12.0 Å². The van der Waals surface area contributed by atoms with Crippen LogP contribution < -0.4 is 15.0 Å². The van der Waals surface area contributed by atoms with Gasteiger partial charge in [0.15, 0.2) is 12.9 Å². The van der Waals surface area contributed by atoms with E-state index in [0.717, 1.165) is 30.8 Å². The zero-order chi connectivity index (χ0) is 20.8. The first-order valence-electron chi connectivity index (χ1n) is 9.47. The molecule has 1 fully saturated rings.